The molecule has 5 rings (SSSR count). The quantitative estimate of drug-likeness (QED) is 0.273. The summed E-state index contributed by atoms with van der Waals surface area (Å²) in [7, 11) is -6.98. The van der Waals surface area contributed by atoms with Crippen molar-refractivity contribution in [2.45, 2.75) is 49.7 Å². The molecule has 14 heteroatoms. The van der Waals surface area contributed by atoms with Gasteiger partial charge >= 0.3 is 12.1 Å². The van der Waals surface area contributed by atoms with Crippen molar-refractivity contribution in [3.63, 3.8) is 0 Å². The molecule has 0 bridgehead atoms. The number of sulfone groups is 1. The number of anilines is 1. The van der Waals surface area contributed by atoms with E-state index in [1.165, 1.54) is 4.31 Å². The van der Waals surface area contributed by atoms with Gasteiger partial charge in [0, 0.05) is 17.1 Å². The Labute approximate surface area is 236 Å². The second-order valence-electron chi connectivity index (χ2n) is 10.2. The number of primary amides is 1. The van der Waals surface area contributed by atoms with Crippen molar-refractivity contribution in [3.05, 3.63) is 46.5 Å². The van der Waals surface area contributed by atoms with Gasteiger partial charge in [-0.05, 0) is 80.3 Å². The van der Waals surface area contributed by atoms with Crippen LogP contribution in [0.15, 0.2) is 34.7 Å². The van der Waals surface area contributed by atoms with Crippen molar-refractivity contribution in [2.75, 3.05) is 22.9 Å². The third-order valence-corrected chi connectivity index (χ3v) is 11.0. The van der Waals surface area contributed by atoms with Crippen LogP contribution < -0.4 is 10.0 Å². The van der Waals surface area contributed by atoms with E-state index in [0.717, 1.165) is 19.1 Å². The zero-order valence-electron chi connectivity index (χ0n) is 21.6. The van der Waals surface area contributed by atoms with Gasteiger partial charge in [-0.2, -0.15) is 4.98 Å². The van der Waals surface area contributed by atoms with E-state index < -0.39 is 37.2 Å². The summed E-state index contributed by atoms with van der Waals surface area (Å²) in [5, 5.41) is 0.220. The molecule has 1 aromatic carbocycles. The highest BCUT2D eigenvalue weighted by atomic mass is 35.5. The second kappa shape index (κ2) is 10.7. The fraction of sp³-hybridized carbons (Fsp3) is 0.423. The van der Waals surface area contributed by atoms with Crippen LogP contribution in [0.3, 0.4) is 0 Å². The average molecular weight is 610 g/mol. The van der Waals surface area contributed by atoms with Crippen molar-refractivity contribution in [1.82, 2.24) is 4.98 Å². The lowest BCUT2D eigenvalue weighted by Crippen LogP contribution is -2.33. The number of halogens is 1. The van der Waals surface area contributed by atoms with Crippen LogP contribution >= 0.6 is 11.6 Å². The maximum Gasteiger partial charge on any atom is 0.412 e. The van der Waals surface area contributed by atoms with Gasteiger partial charge in [0.2, 0.25) is 15.7 Å². The minimum absolute atomic E-state index is 0.000234. The minimum Gasteiger partial charge on any atom is -0.437 e. The van der Waals surface area contributed by atoms with Gasteiger partial charge in [0.1, 0.15) is 11.4 Å². The fourth-order valence-electron chi connectivity index (χ4n) is 5.15. The van der Waals surface area contributed by atoms with Gasteiger partial charge in [0.15, 0.2) is 15.6 Å². The molecule has 0 radical (unpaired) electrons. The van der Waals surface area contributed by atoms with Gasteiger partial charge in [-0.3, -0.25) is 4.31 Å². The van der Waals surface area contributed by atoms with E-state index in [2.05, 4.69) is 9.72 Å². The third kappa shape index (κ3) is 5.81. The highest BCUT2D eigenvalue weighted by Gasteiger charge is 2.36. The number of sulfonamides is 1. The number of aromatic nitrogens is 1. The Balaban J connectivity index is 1.60. The van der Waals surface area contributed by atoms with Gasteiger partial charge in [-0.25, -0.2) is 26.4 Å². The molecule has 214 valence electrons. The van der Waals surface area contributed by atoms with Crippen LogP contribution in [0.2, 0.25) is 5.02 Å². The molecule has 1 saturated heterocycles. The molecule has 1 saturated carbocycles. The molecule has 11 nitrogen and oxygen atoms in total. The lowest BCUT2D eigenvalue weighted by Gasteiger charge is -2.24. The Morgan fingerprint density at radius 3 is 2.48 bits per heavy atom. The predicted octanol–water partition coefficient (Wildman–Crippen LogP) is 4.38. The smallest absolute Gasteiger partial charge is 0.412 e. The number of rotatable bonds is 9. The fourth-order valence-corrected chi connectivity index (χ4v) is 8.15. The molecule has 2 fully saturated rings. The summed E-state index contributed by atoms with van der Waals surface area (Å²) in [6.45, 7) is 0.0321. The molecule has 1 amide bonds. The molecular formula is C26H28ClN3O8S2. The van der Waals surface area contributed by atoms with Crippen molar-refractivity contribution in [2.24, 2.45) is 5.73 Å². The maximum absolute atomic E-state index is 13.0. The van der Waals surface area contributed by atoms with Crippen LogP contribution in [0, 0.1) is 0 Å². The highest BCUT2D eigenvalue weighted by molar-refractivity contribution is 7.92. The zero-order valence-corrected chi connectivity index (χ0v) is 24.0. The number of ether oxygens (including phenoxy) is 1. The molecule has 1 aliphatic carbocycles. The number of furan rings is 1. The Morgan fingerprint density at radius 1 is 1.20 bits per heavy atom. The number of hydrogen-bond acceptors (Lipinski definition) is 9. The lowest BCUT2D eigenvalue weighted by molar-refractivity contribution is 0.0640. The third-order valence-electron chi connectivity index (χ3n) is 7.20. The molecule has 1 unspecified atom stereocenters. The van der Waals surface area contributed by atoms with Crippen LogP contribution in [0.1, 0.15) is 60.4 Å². The van der Waals surface area contributed by atoms with E-state index in [-0.39, 0.29) is 46.5 Å². The van der Waals surface area contributed by atoms with Crippen LogP contribution in [-0.2, 0) is 24.6 Å². The summed E-state index contributed by atoms with van der Waals surface area (Å²) in [4.78, 5) is 29.0. The normalized spacial score (nSPS) is 18.6. The molecule has 40 heavy (non-hydrogen) atoms. The van der Waals surface area contributed by atoms with Crippen LogP contribution in [0.25, 0.3) is 22.4 Å². The van der Waals surface area contributed by atoms with Gasteiger partial charge in [-0.1, -0.05) is 11.6 Å². The molecule has 2 N–H and O–H groups in total. The van der Waals surface area contributed by atoms with Gasteiger partial charge in [0.25, 0.3) is 0 Å². The standard InChI is InChI=1S/C26H28ClN3O8S2/c1-39(33,34)30(12-2-4-18-5-3-13-40(18,35)36)23-19(15-6-7-15)14-20-21(25(31)38-26(28)32)22(37-24(20)29-23)16-8-10-17(27)11-9-16/h8-11,14-15,18H,2-7,12-13H2,1H3,(H2,28,32). The highest BCUT2D eigenvalue weighted by Crippen LogP contribution is 2.47. The first-order valence-corrected chi connectivity index (χ1v) is 16.7. The summed E-state index contributed by atoms with van der Waals surface area (Å²) in [6.07, 6.45) is 3.22. The number of esters is 1. The average Bonchev–Trinajstić information content (AvgIpc) is 3.55. The van der Waals surface area contributed by atoms with Crippen molar-refractivity contribution in [1.29, 1.82) is 0 Å². The molecule has 2 aromatic heterocycles. The minimum atomic E-state index is -3.82. The summed E-state index contributed by atoms with van der Waals surface area (Å²) >= 11 is 6.02. The number of nitrogens with two attached hydrogens (primary N) is 1. The number of benzene rings is 1. The Hall–Kier alpha value is -3.16. The van der Waals surface area contributed by atoms with E-state index in [4.69, 9.17) is 21.8 Å². The Kier molecular flexibility index (Phi) is 7.57. The molecule has 1 aliphatic heterocycles. The number of fused-ring (bicyclic) bond motifs is 1. The van der Waals surface area contributed by atoms with E-state index in [1.54, 1.807) is 30.3 Å². The molecule has 2 aliphatic rings. The Morgan fingerprint density at radius 2 is 1.90 bits per heavy atom. The monoisotopic (exact) mass is 609 g/mol. The Bertz CT molecular complexity index is 1700. The predicted molar refractivity (Wildman–Crippen MR) is 150 cm³/mol. The van der Waals surface area contributed by atoms with E-state index in [9.17, 15) is 26.4 Å². The first-order chi connectivity index (χ1) is 18.8. The summed E-state index contributed by atoms with van der Waals surface area (Å²) < 4.78 is 62.3. The van der Waals surface area contributed by atoms with Crippen molar-refractivity contribution >= 4 is 60.4 Å². The van der Waals surface area contributed by atoms with Crippen molar-refractivity contribution in [3.8, 4) is 11.3 Å². The largest absolute Gasteiger partial charge is 0.437 e. The molecule has 1 atom stereocenters. The second-order valence-corrected chi connectivity index (χ2v) is 14.9. The maximum atomic E-state index is 13.0. The number of nitrogens with zero attached hydrogens (tertiary/aromatic N) is 2. The number of carbonyl (C=O) groups excluding carboxylic acids is 2. The number of carbonyl (C=O) groups is 2. The van der Waals surface area contributed by atoms with E-state index >= 15 is 0 Å². The molecule has 0 spiro atoms. The van der Waals surface area contributed by atoms with E-state index in [1.807, 2.05) is 0 Å². The number of pyridine rings is 1. The molecule has 3 aromatic rings. The lowest BCUT2D eigenvalue weighted by atomic mass is 10.0. The van der Waals surface area contributed by atoms with Gasteiger partial charge in [0.05, 0.1) is 22.6 Å². The zero-order chi connectivity index (χ0) is 28.8. The van der Waals surface area contributed by atoms with Crippen molar-refractivity contribution < 1.29 is 35.6 Å². The topological polar surface area (TPSA) is 167 Å². The number of amides is 1. The summed E-state index contributed by atoms with van der Waals surface area (Å²) in [5.74, 6) is -0.655. The SMILES string of the molecule is CS(=O)(=O)N(CCCC1CCCS1(=O)=O)c1nc2oc(-c3ccc(Cl)cc3)c(C(=O)OC(N)=O)c2cc1C1CC1. The summed E-state index contributed by atoms with van der Waals surface area (Å²) in [5.41, 5.74) is 6.04. The van der Waals surface area contributed by atoms with E-state index in [0.29, 0.717) is 41.8 Å². The van der Waals surface area contributed by atoms with Gasteiger partial charge in [-0.15, -0.1) is 0 Å². The molecular weight excluding hydrogens is 582 g/mol. The van der Waals surface area contributed by atoms with Gasteiger partial charge < -0.3 is 14.9 Å². The first kappa shape index (κ1) is 28.4. The molecule has 3 heterocycles. The first-order valence-electron chi connectivity index (χ1n) is 12.8. The van der Waals surface area contributed by atoms with Crippen LogP contribution in [0.5, 0.6) is 0 Å². The number of hydrogen-bond donors (Lipinski definition) is 1. The van der Waals surface area contributed by atoms with Crippen LogP contribution in [-0.4, -0.2) is 57.7 Å². The van der Waals surface area contributed by atoms with Crippen LogP contribution in [0.4, 0.5) is 10.6 Å². The summed E-state index contributed by atoms with van der Waals surface area (Å²) in [6, 6.07) is 8.07.